The Kier molecular flexibility index (Phi) is 4.95. The fourth-order valence-electron chi connectivity index (χ4n) is 2.96. The van der Waals surface area contributed by atoms with Crippen molar-refractivity contribution in [3.8, 4) is 0 Å². The molecule has 0 fully saturated rings. The third kappa shape index (κ3) is 3.75. The number of thiazole rings is 1. The molecule has 1 amide bonds. The maximum Gasteiger partial charge on any atom is 0.253 e. The summed E-state index contributed by atoms with van der Waals surface area (Å²) in [5.74, 6) is -0.230. The van der Waals surface area contributed by atoms with E-state index in [2.05, 4.69) is 9.71 Å². The summed E-state index contributed by atoms with van der Waals surface area (Å²) in [4.78, 5) is 19.3. The first-order chi connectivity index (χ1) is 11.8. The maximum absolute atomic E-state index is 12.8. The van der Waals surface area contributed by atoms with Gasteiger partial charge in [-0.3, -0.25) is 4.79 Å². The summed E-state index contributed by atoms with van der Waals surface area (Å²) < 4.78 is 28.4. The van der Waals surface area contributed by atoms with Gasteiger partial charge in [0.1, 0.15) is 0 Å². The molecule has 1 aliphatic carbocycles. The minimum absolute atomic E-state index is 0.0966. The minimum atomic E-state index is -3.73. The summed E-state index contributed by atoms with van der Waals surface area (Å²) in [5.41, 5.74) is 1.19. The van der Waals surface area contributed by atoms with Crippen molar-refractivity contribution in [3.63, 3.8) is 0 Å². The molecule has 0 radical (unpaired) electrons. The SMILES string of the molecule is Cc1nc2c(s1)CCC[C@H]2NS(=O)(=O)c1cccc(C(=O)N(C)C)c1. The highest BCUT2D eigenvalue weighted by atomic mass is 32.2. The summed E-state index contributed by atoms with van der Waals surface area (Å²) in [6, 6.07) is 5.81. The van der Waals surface area contributed by atoms with Crippen molar-refractivity contribution in [1.82, 2.24) is 14.6 Å². The third-order valence-electron chi connectivity index (χ3n) is 4.16. The molecule has 6 nitrogen and oxygen atoms in total. The van der Waals surface area contributed by atoms with Gasteiger partial charge in [0.2, 0.25) is 10.0 Å². The van der Waals surface area contributed by atoms with E-state index in [9.17, 15) is 13.2 Å². The fraction of sp³-hybridized carbons (Fsp3) is 0.412. The zero-order valence-electron chi connectivity index (χ0n) is 14.4. The van der Waals surface area contributed by atoms with E-state index in [-0.39, 0.29) is 16.8 Å². The van der Waals surface area contributed by atoms with Crippen LogP contribution in [0.2, 0.25) is 0 Å². The summed E-state index contributed by atoms with van der Waals surface area (Å²) in [7, 11) is -0.462. The molecule has 0 saturated heterocycles. The van der Waals surface area contributed by atoms with Gasteiger partial charge in [-0.1, -0.05) is 6.07 Å². The predicted molar refractivity (Wildman–Crippen MR) is 97.3 cm³/mol. The Morgan fingerprint density at radius 2 is 2.12 bits per heavy atom. The molecule has 0 bridgehead atoms. The molecule has 3 rings (SSSR count). The highest BCUT2D eigenvalue weighted by molar-refractivity contribution is 7.89. The number of hydrogen-bond acceptors (Lipinski definition) is 5. The Morgan fingerprint density at radius 3 is 2.84 bits per heavy atom. The van der Waals surface area contributed by atoms with Gasteiger partial charge in [0.05, 0.1) is 21.6 Å². The molecular weight excluding hydrogens is 358 g/mol. The van der Waals surface area contributed by atoms with E-state index >= 15 is 0 Å². The third-order valence-corrected chi connectivity index (χ3v) is 6.67. The van der Waals surface area contributed by atoms with Crippen molar-refractivity contribution in [2.45, 2.75) is 37.1 Å². The lowest BCUT2D eigenvalue weighted by atomic mass is 9.99. The average Bonchev–Trinajstić information content (AvgIpc) is 2.95. The molecule has 8 heteroatoms. The smallest absolute Gasteiger partial charge is 0.253 e. The molecule has 1 atom stereocenters. The molecule has 0 spiro atoms. The monoisotopic (exact) mass is 379 g/mol. The second-order valence-electron chi connectivity index (χ2n) is 6.33. The molecule has 1 N–H and O–H groups in total. The van der Waals surface area contributed by atoms with Crippen LogP contribution < -0.4 is 4.72 Å². The number of nitrogens with zero attached hydrogens (tertiary/aromatic N) is 2. The fourth-order valence-corrected chi connectivity index (χ4v) is 5.28. The summed E-state index contributed by atoms with van der Waals surface area (Å²) in [5, 5.41) is 0.953. The number of amides is 1. The van der Waals surface area contributed by atoms with Crippen molar-refractivity contribution in [2.75, 3.05) is 14.1 Å². The second kappa shape index (κ2) is 6.86. The van der Waals surface area contributed by atoms with Gasteiger partial charge >= 0.3 is 0 Å². The first kappa shape index (κ1) is 18.0. The van der Waals surface area contributed by atoms with E-state index in [0.717, 1.165) is 34.8 Å². The number of carbonyl (C=O) groups is 1. The molecule has 0 aliphatic heterocycles. The van der Waals surface area contributed by atoms with Gasteiger partial charge in [-0.2, -0.15) is 0 Å². The number of benzene rings is 1. The number of fused-ring (bicyclic) bond motifs is 1. The van der Waals surface area contributed by atoms with Crippen LogP contribution in [0.1, 0.15) is 44.8 Å². The van der Waals surface area contributed by atoms with Crippen LogP contribution in [0.5, 0.6) is 0 Å². The zero-order chi connectivity index (χ0) is 18.2. The van der Waals surface area contributed by atoms with Crippen LogP contribution in [0, 0.1) is 6.92 Å². The number of sulfonamides is 1. The lowest BCUT2D eigenvalue weighted by molar-refractivity contribution is 0.0827. The topological polar surface area (TPSA) is 79.4 Å². The first-order valence-electron chi connectivity index (χ1n) is 8.08. The molecule has 1 aliphatic rings. The van der Waals surface area contributed by atoms with E-state index in [1.54, 1.807) is 37.6 Å². The Hall–Kier alpha value is -1.77. The van der Waals surface area contributed by atoms with Crippen LogP contribution in [-0.4, -0.2) is 38.3 Å². The van der Waals surface area contributed by atoms with Gasteiger partial charge in [-0.05, 0) is 44.4 Å². The summed E-state index contributed by atoms with van der Waals surface area (Å²) in [6.45, 7) is 1.94. The van der Waals surface area contributed by atoms with Crippen molar-refractivity contribution < 1.29 is 13.2 Å². The highest BCUT2D eigenvalue weighted by Gasteiger charge is 2.29. The number of aromatic nitrogens is 1. The number of hydrogen-bond donors (Lipinski definition) is 1. The lowest BCUT2D eigenvalue weighted by Crippen LogP contribution is -2.31. The van der Waals surface area contributed by atoms with Crippen molar-refractivity contribution in [3.05, 3.63) is 45.4 Å². The first-order valence-corrected chi connectivity index (χ1v) is 10.4. The molecule has 0 unspecified atom stereocenters. The van der Waals surface area contributed by atoms with Crippen LogP contribution in [0.25, 0.3) is 0 Å². The van der Waals surface area contributed by atoms with Crippen molar-refractivity contribution in [2.24, 2.45) is 0 Å². The van der Waals surface area contributed by atoms with Crippen LogP contribution in [0.15, 0.2) is 29.2 Å². The Morgan fingerprint density at radius 1 is 1.36 bits per heavy atom. The molecule has 134 valence electrons. The molecule has 2 aromatic rings. The predicted octanol–water partition coefficient (Wildman–Crippen LogP) is 2.51. The van der Waals surface area contributed by atoms with Gasteiger partial charge in [0.15, 0.2) is 0 Å². The van der Waals surface area contributed by atoms with Crippen molar-refractivity contribution >= 4 is 27.3 Å². The number of nitrogens with one attached hydrogen (secondary N) is 1. The maximum atomic E-state index is 12.8. The van der Waals surface area contributed by atoms with Gasteiger partial charge in [0.25, 0.3) is 5.91 Å². The van der Waals surface area contributed by atoms with E-state index in [0.29, 0.717) is 5.56 Å². The van der Waals surface area contributed by atoms with Gasteiger partial charge in [-0.25, -0.2) is 18.1 Å². The van der Waals surface area contributed by atoms with E-state index in [1.165, 1.54) is 17.0 Å². The van der Waals surface area contributed by atoms with Crippen molar-refractivity contribution in [1.29, 1.82) is 0 Å². The second-order valence-corrected chi connectivity index (χ2v) is 9.34. The van der Waals surface area contributed by atoms with Crippen LogP contribution in [0.4, 0.5) is 0 Å². The largest absolute Gasteiger partial charge is 0.345 e. The Bertz CT molecular complexity index is 904. The molecule has 0 saturated carbocycles. The zero-order valence-corrected chi connectivity index (χ0v) is 16.1. The molecular formula is C17H21N3O3S2. The minimum Gasteiger partial charge on any atom is -0.345 e. The Labute approximate surface area is 151 Å². The standard InChI is InChI=1S/C17H21N3O3S2/c1-11-18-16-14(8-5-9-15(16)24-11)19-25(22,23)13-7-4-6-12(10-13)17(21)20(2)3/h4,6-7,10,14,19H,5,8-9H2,1-3H3/t14-/m1/s1. The number of aryl methyl sites for hydroxylation is 2. The van der Waals surface area contributed by atoms with Crippen LogP contribution in [0.3, 0.4) is 0 Å². The summed E-state index contributed by atoms with van der Waals surface area (Å²) >= 11 is 1.63. The quantitative estimate of drug-likeness (QED) is 0.885. The van der Waals surface area contributed by atoms with Gasteiger partial charge < -0.3 is 4.90 Å². The Balaban J connectivity index is 1.88. The molecule has 1 heterocycles. The number of rotatable bonds is 4. The molecule has 1 aromatic heterocycles. The van der Waals surface area contributed by atoms with E-state index < -0.39 is 10.0 Å². The molecule has 1 aromatic carbocycles. The lowest BCUT2D eigenvalue weighted by Gasteiger charge is -2.22. The summed E-state index contributed by atoms with van der Waals surface area (Å²) in [6.07, 6.45) is 2.61. The van der Waals surface area contributed by atoms with Crippen LogP contribution >= 0.6 is 11.3 Å². The van der Waals surface area contributed by atoms with Gasteiger partial charge in [0, 0.05) is 24.5 Å². The number of carbonyl (C=O) groups excluding carboxylic acids is 1. The normalized spacial score (nSPS) is 17.2. The highest BCUT2D eigenvalue weighted by Crippen LogP contribution is 2.34. The van der Waals surface area contributed by atoms with Crippen LogP contribution in [-0.2, 0) is 16.4 Å². The molecule has 25 heavy (non-hydrogen) atoms. The van der Waals surface area contributed by atoms with E-state index in [1.807, 2.05) is 6.92 Å². The average molecular weight is 380 g/mol. The van der Waals surface area contributed by atoms with E-state index in [4.69, 9.17) is 0 Å². The van der Waals surface area contributed by atoms with Gasteiger partial charge in [-0.15, -0.1) is 11.3 Å².